The van der Waals surface area contributed by atoms with Gasteiger partial charge in [0.2, 0.25) is 0 Å². The summed E-state index contributed by atoms with van der Waals surface area (Å²) >= 11 is 0. The molecule has 1 saturated heterocycles. The smallest absolute Gasteiger partial charge is 0.0695 e. The summed E-state index contributed by atoms with van der Waals surface area (Å²) in [5.74, 6) is 0.846. The fourth-order valence-corrected chi connectivity index (χ4v) is 3.66. The molecule has 0 radical (unpaired) electrons. The van der Waals surface area contributed by atoms with Crippen LogP contribution in [0.3, 0.4) is 0 Å². The second-order valence-electron chi connectivity index (χ2n) is 6.43. The first-order valence-electron chi connectivity index (χ1n) is 7.74. The number of hydrogen-bond donors (Lipinski definition) is 1. The zero-order valence-corrected chi connectivity index (χ0v) is 12.3. The number of aliphatic hydroxyl groups excluding tert-OH is 1. The normalized spacial score (nSPS) is 40.0. The van der Waals surface area contributed by atoms with E-state index in [-0.39, 0.29) is 6.10 Å². The maximum atomic E-state index is 10.3. The fourth-order valence-electron chi connectivity index (χ4n) is 3.66. The highest BCUT2D eigenvalue weighted by Crippen LogP contribution is 2.31. The van der Waals surface area contributed by atoms with Crippen LogP contribution in [0.1, 0.15) is 46.0 Å². The van der Waals surface area contributed by atoms with E-state index in [4.69, 9.17) is 0 Å². The van der Waals surface area contributed by atoms with E-state index in [2.05, 4.69) is 30.7 Å². The Morgan fingerprint density at radius 2 is 2.00 bits per heavy atom. The van der Waals surface area contributed by atoms with Crippen LogP contribution >= 0.6 is 0 Å². The molecule has 4 atom stereocenters. The van der Waals surface area contributed by atoms with Crippen LogP contribution in [0, 0.1) is 5.92 Å². The fraction of sp³-hybridized carbons (Fsp3) is 1.00. The molecule has 0 amide bonds. The lowest BCUT2D eigenvalue weighted by atomic mass is 9.80. The molecule has 106 valence electrons. The van der Waals surface area contributed by atoms with Gasteiger partial charge in [0.05, 0.1) is 6.10 Å². The van der Waals surface area contributed by atoms with E-state index in [1.807, 2.05) is 0 Å². The average molecular weight is 254 g/mol. The van der Waals surface area contributed by atoms with Gasteiger partial charge in [-0.15, -0.1) is 0 Å². The van der Waals surface area contributed by atoms with Gasteiger partial charge in [0.25, 0.3) is 0 Å². The van der Waals surface area contributed by atoms with Crippen LogP contribution in [0.15, 0.2) is 0 Å². The van der Waals surface area contributed by atoms with Crippen molar-refractivity contribution in [3.63, 3.8) is 0 Å². The van der Waals surface area contributed by atoms with Gasteiger partial charge in [0, 0.05) is 31.7 Å². The minimum atomic E-state index is -0.0892. The highest BCUT2D eigenvalue weighted by atomic mass is 16.3. The molecule has 0 aromatic carbocycles. The van der Waals surface area contributed by atoms with Crippen LogP contribution in [0.25, 0.3) is 0 Å². The number of likely N-dealkylation sites (N-methyl/N-ethyl adjacent to an activating group) is 1. The lowest BCUT2D eigenvalue weighted by Crippen LogP contribution is -2.57. The third-order valence-electron chi connectivity index (χ3n) is 5.05. The molecule has 2 aliphatic rings. The molecule has 1 heterocycles. The molecule has 0 bridgehead atoms. The monoisotopic (exact) mass is 254 g/mol. The summed E-state index contributed by atoms with van der Waals surface area (Å²) in [7, 11) is 2.21. The second-order valence-corrected chi connectivity index (χ2v) is 6.43. The van der Waals surface area contributed by atoms with Crippen LogP contribution in [0.5, 0.6) is 0 Å². The Balaban J connectivity index is 1.93. The van der Waals surface area contributed by atoms with Crippen LogP contribution in [-0.2, 0) is 0 Å². The van der Waals surface area contributed by atoms with Gasteiger partial charge in [-0.25, -0.2) is 0 Å². The molecule has 4 unspecified atom stereocenters. The predicted octanol–water partition coefficient (Wildman–Crippen LogP) is 1.95. The minimum Gasteiger partial charge on any atom is -0.391 e. The molecule has 1 aliphatic heterocycles. The summed E-state index contributed by atoms with van der Waals surface area (Å²) in [5, 5.41) is 10.3. The first-order chi connectivity index (χ1) is 8.61. The summed E-state index contributed by atoms with van der Waals surface area (Å²) in [4.78, 5) is 4.98. The predicted molar refractivity (Wildman–Crippen MR) is 75.7 cm³/mol. The Kier molecular flexibility index (Phi) is 5.05. The molecular formula is C15H30N2O. The van der Waals surface area contributed by atoms with E-state index in [1.54, 1.807) is 0 Å². The summed E-state index contributed by atoms with van der Waals surface area (Å²) in [6.07, 6.45) is 5.99. The molecule has 2 rings (SSSR count). The number of piperazine rings is 1. The first-order valence-corrected chi connectivity index (χ1v) is 7.74. The van der Waals surface area contributed by atoms with Gasteiger partial charge in [-0.1, -0.05) is 19.8 Å². The van der Waals surface area contributed by atoms with Crippen LogP contribution in [-0.4, -0.2) is 59.8 Å². The van der Waals surface area contributed by atoms with Crippen molar-refractivity contribution in [2.24, 2.45) is 5.92 Å². The SMILES string of the molecule is CCCC1CCC(O)C(N2CCN(C)C(C)C2)C1. The van der Waals surface area contributed by atoms with E-state index in [9.17, 15) is 5.11 Å². The maximum Gasteiger partial charge on any atom is 0.0695 e. The Morgan fingerprint density at radius 1 is 1.22 bits per heavy atom. The topological polar surface area (TPSA) is 26.7 Å². The first kappa shape index (κ1) is 14.3. The molecule has 0 aromatic rings. The molecule has 0 spiro atoms. The molecule has 0 aromatic heterocycles. The lowest BCUT2D eigenvalue weighted by molar-refractivity contribution is -0.0267. The third-order valence-corrected chi connectivity index (χ3v) is 5.05. The van der Waals surface area contributed by atoms with E-state index in [0.29, 0.717) is 12.1 Å². The Labute approximate surface area is 112 Å². The quantitative estimate of drug-likeness (QED) is 0.834. The van der Waals surface area contributed by atoms with Gasteiger partial charge >= 0.3 is 0 Å². The van der Waals surface area contributed by atoms with Gasteiger partial charge in [0.1, 0.15) is 0 Å². The standard InChI is InChI=1S/C15H30N2O/c1-4-5-13-6-7-15(18)14(10-13)17-9-8-16(3)12(2)11-17/h12-15,18H,4-11H2,1-3H3. The van der Waals surface area contributed by atoms with Crippen molar-refractivity contribution in [3.05, 3.63) is 0 Å². The van der Waals surface area contributed by atoms with E-state index in [0.717, 1.165) is 32.0 Å². The van der Waals surface area contributed by atoms with Crippen molar-refractivity contribution in [1.82, 2.24) is 9.80 Å². The van der Waals surface area contributed by atoms with Crippen LogP contribution in [0.4, 0.5) is 0 Å². The van der Waals surface area contributed by atoms with Gasteiger partial charge < -0.3 is 10.0 Å². The largest absolute Gasteiger partial charge is 0.391 e. The Hall–Kier alpha value is -0.120. The van der Waals surface area contributed by atoms with Crippen molar-refractivity contribution in [2.45, 2.75) is 64.1 Å². The minimum absolute atomic E-state index is 0.0892. The van der Waals surface area contributed by atoms with Gasteiger partial charge in [-0.05, 0) is 39.2 Å². The maximum absolute atomic E-state index is 10.3. The lowest BCUT2D eigenvalue weighted by Gasteiger charge is -2.46. The highest BCUT2D eigenvalue weighted by Gasteiger charge is 2.35. The molecule has 3 nitrogen and oxygen atoms in total. The number of rotatable bonds is 3. The van der Waals surface area contributed by atoms with Crippen molar-refractivity contribution < 1.29 is 5.11 Å². The van der Waals surface area contributed by atoms with Crippen molar-refractivity contribution in [2.75, 3.05) is 26.7 Å². The molecule has 1 N–H and O–H groups in total. The zero-order valence-electron chi connectivity index (χ0n) is 12.3. The highest BCUT2D eigenvalue weighted by molar-refractivity contribution is 4.90. The molecule has 1 saturated carbocycles. The number of hydrogen-bond acceptors (Lipinski definition) is 3. The summed E-state index contributed by atoms with van der Waals surface area (Å²) < 4.78 is 0. The second kappa shape index (κ2) is 6.36. The molecular weight excluding hydrogens is 224 g/mol. The molecule has 1 aliphatic carbocycles. The summed E-state index contributed by atoms with van der Waals surface area (Å²) in [5.41, 5.74) is 0. The van der Waals surface area contributed by atoms with Crippen LogP contribution < -0.4 is 0 Å². The van der Waals surface area contributed by atoms with E-state index < -0.39 is 0 Å². The number of nitrogens with zero attached hydrogens (tertiary/aromatic N) is 2. The van der Waals surface area contributed by atoms with Crippen molar-refractivity contribution >= 4 is 0 Å². The summed E-state index contributed by atoms with van der Waals surface area (Å²) in [6, 6.07) is 1.05. The third kappa shape index (κ3) is 3.25. The van der Waals surface area contributed by atoms with Crippen LogP contribution in [0.2, 0.25) is 0 Å². The molecule has 2 fully saturated rings. The van der Waals surface area contributed by atoms with Crippen molar-refractivity contribution in [1.29, 1.82) is 0 Å². The Bertz CT molecular complexity index is 259. The molecule has 3 heteroatoms. The van der Waals surface area contributed by atoms with E-state index in [1.165, 1.54) is 25.7 Å². The zero-order chi connectivity index (χ0) is 13.1. The van der Waals surface area contributed by atoms with Gasteiger partial charge in [-0.3, -0.25) is 4.90 Å². The van der Waals surface area contributed by atoms with E-state index >= 15 is 0 Å². The number of aliphatic hydroxyl groups is 1. The molecule has 18 heavy (non-hydrogen) atoms. The summed E-state index contributed by atoms with van der Waals surface area (Å²) in [6.45, 7) is 7.96. The van der Waals surface area contributed by atoms with Gasteiger partial charge in [-0.2, -0.15) is 0 Å². The van der Waals surface area contributed by atoms with Crippen molar-refractivity contribution in [3.8, 4) is 0 Å². The Morgan fingerprint density at radius 3 is 2.67 bits per heavy atom. The average Bonchev–Trinajstić information content (AvgIpc) is 2.35. The van der Waals surface area contributed by atoms with Gasteiger partial charge in [0.15, 0.2) is 0 Å².